The minimum Gasteiger partial charge on any atom is -0.486 e. The molecular formula is C17H18O3. The molecule has 104 valence electrons. The van der Waals surface area contributed by atoms with Crippen LogP contribution in [-0.2, 0) is 4.79 Å². The summed E-state index contributed by atoms with van der Waals surface area (Å²) in [5.41, 5.74) is 0. The van der Waals surface area contributed by atoms with Gasteiger partial charge in [-0.05, 0) is 36.4 Å². The van der Waals surface area contributed by atoms with Crippen LogP contribution in [0.1, 0.15) is 13.8 Å². The van der Waals surface area contributed by atoms with Crippen LogP contribution in [0, 0.1) is 5.92 Å². The fourth-order valence-electron chi connectivity index (χ4n) is 1.55. The highest BCUT2D eigenvalue weighted by atomic mass is 16.5. The molecule has 3 heteroatoms. The van der Waals surface area contributed by atoms with Gasteiger partial charge in [0.1, 0.15) is 23.9 Å². The lowest BCUT2D eigenvalue weighted by molar-refractivity contribution is -0.123. The zero-order valence-corrected chi connectivity index (χ0v) is 11.7. The molecule has 2 rings (SSSR count). The van der Waals surface area contributed by atoms with Gasteiger partial charge in [0.15, 0.2) is 5.78 Å². The predicted molar refractivity (Wildman–Crippen MR) is 78.3 cm³/mol. The number of rotatable bonds is 6. The van der Waals surface area contributed by atoms with Crippen LogP contribution in [0.5, 0.6) is 17.2 Å². The lowest BCUT2D eigenvalue weighted by atomic mass is 10.1. The maximum atomic E-state index is 11.5. The monoisotopic (exact) mass is 270 g/mol. The van der Waals surface area contributed by atoms with Gasteiger partial charge in [-0.25, -0.2) is 0 Å². The SMILES string of the molecule is CC(C)C(=O)COc1ccc(Oc2ccccc2)cc1. The molecule has 0 heterocycles. The van der Waals surface area contributed by atoms with Crippen molar-refractivity contribution in [3.63, 3.8) is 0 Å². The third-order valence-corrected chi connectivity index (χ3v) is 2.83. The zero-order valence-electron chi connectivity index (χ0n) is 11.7. The van der Waals surface area contributed by atoms with E-state index in [1.165, 1.54) is 0 Å². The van der Waals surface area contributed by atoms with Crippen molar-refractivity contribution in [2.75, 3.05) is 6.61 Å². The Kier molecular flexibility index (Phi) is 4.77. The average Bonchev–Trinajstić information content (AvgIpc) is 2.47. The minimum atomic E-state index is -0.00399. The molecule has 0 radical (unpaired) electrons. The number of ether oxygens (including phenoxy) is 2. The van der Waals surface area contributed by atoms with Gasteiger partial charge in [-0.3, -0.25) is 4.79 Å². The van der Waals surface area contributed by atoms with E-state index in [1.54, 1.807) is 12.1 Å². The van der Waals surface area contributed by atoms with Gasteiger partial charge in [0.25, 0.3) is 0 Å². The van der Waals surface area contributed by atoms with Gasteiger partial charge in [0.05, 0.1) is 0 Å². The maximum Gasteiger partial charge on any atom is 0.172 e. The maximum absolute atomic E-state index is 11.5. The fraction of sp³-hybridized carbons (Fsp3) is 0.235. The van der Waals surface area contributed by atoms with Crippen molar-refractivity contribution in [1.29, 1.82) is 0 Å². The molecule has 0 aliphatic rings. The highest BCUT2D eigenvalue weighted by Gasteiger charge is 2.07. The number of carbonyl (C=O) groups excluding carboxylic acids is 1. The van der Waals surface area contributed by atoms with Gasteiger partial charge in [-0.1, -0.05) is 32.0 Å². The third-order valence-electron chi connectivity index (χ3n) is 2.83. The summed E-state index contributed by atoms with van der Waals surface area (Å²) in [6, 6.07) is 16.8. The van der Waals surface area contributed by atoms with Gasteiger partial charge in [0, 0.05) is 5.92 Å². The highest BCUT2D eigenvalue weighted by Crippen LogP contribution is 2.23. The molecule has 0 bridgehead atoms. The van der Waals surface area contributed by atoms with Gasteiger partial charge in [-0.2, -0.15) is 0 Å². The van der Waals surface area contributed by atoms with Crippen LogP contribution in [0.15, 0.2) is 54.6 Å². The molecule has 0 unspecified atom stereocenters. The molecule has 20 heavy (non-hydrogen) atoms. The molecule has 0 fully saturated rings. The first-order valence-electron chi connectivity index (χ1n) is 6.63. The number of hydrogen-bond acceptors (Lipinski definition) is 3. The first kappa shape index (κ1) is 14.1. The molecule has 0 amide bonds. The Morgan fingerprint density at radius 3 is 2.05 bits per heavy atom. The molecule has 0 saturated carbocycles. The van der Waals surface area contributed by atoms with E-state index in [9.17, 15) is 4.79 Å². The Morgan fingerprint density at radius 1 is 0.900 bits per heavy atom. The fourth-order valence-corrected chi connectivity index (χ4v) is 1.55. The van der Waals surface area contributed by atoms with Crippen LogP contribution in [0.2, 0.25) is 0 Å². The second kappa shape index (κ2) is 6.75. The van der Waals surface area contributed by atoms with E-state index >= 15 is 0 Å². The highest BCUT2D eigenvalue weighted by molar-refractivity contribution is 5.81. The van der Waals surface area contributed by atoms with Gasteiger partial charge < -0.3 is 9.47 Å². The summed E-state index contributed by atoms with van der Waals surface area (Å²) in [5.74, 6) is 2.28. The number of para-hydroxylation sites is 1. The Hall–Kier alpha value is -2.29. The molecule has 0 aliphatic carbocycles. The van der Waals surface area contributed by atoms with Crippen LogP contribution in [-0.4, -0.2) is 12.4 Å². The van der Waals surface area contributed by atoms with Crippen molar-refractivity contribution >= 4 is 5.78 Å². The number of carbonyl (C=O) groups is 1. The molecule has 2 aromatic rings. The van der Waals surface area contributed by atoms with E-state index in [1.807, 2.05) is 56.3 Å². The molecule has 3 nitrogen and oxygen atoms in total. The normalized spacial score (nSPS) is 10.3. The quantitative estimate of drug-likeness (QED) is 0.793. The summed E-state index contributed by atoms with van der Waals surface area (Å²) in [7, 11) is 0. The van der Waals surface area contributed by atoms with Crippen LogP contribution < -0.4 is 9.47 Å². The van der Waals surface area contributed by atoms with E-state index < -0.39 is 0 Å². The summed E-state index contributed by atoms with van der Waals surface area (Å²) >= 11 is 0. The zero-order chi connectivity index (χ0) is 14.4. The summed E-state index contributed by atoms with van der Waals surface area (Å²) in [5, 5.41) is 0. The third kappa shape index (κ3) is 4.12. The molecule has 0 spiro atoms. The van der Waals surface area contributed by atoms with Crippen molar-refractivity contribution in [2.24, 2.45) is 5.92 Å². The Labute approximate surface area is 119 Å². The topological polar surface area (TPSA) is 35.5 Å². The molecule has 0 aliphatic heterocycles. The molecular weight excluding hydrogens is 252 g/mol. The molecule has 0 saturated heterocycles. The molecule has 0 atom stereocenters. The summed E-state index contributed by atoms with van der Waals surface area (Å²) in [6.45, 7) is 3.83. The Bertz CT molecular complexity index is 544. The van der Waals surface area contributed by atoms with Crippen LogP contribution in [0.3, 0.4) is 0 Å². The smallest absolute Gasteiger partial charge is 0.172 e. The first-order chi connectivity index (χ1) is 9.65. The van der Waals surface area contributed by atoms with E-state index in [-0.39, 0.29) is 18.3 Å². The Balaban J connectivity index is 1.91. The standard InChI is InChI=1S/C17H18O3/c1-13(2)17(18)12-19-14-8-10-16(11-9-14)20-15-6-4-3-5-7-15/h3-11,13H,12H2,1-2H3. The van der Waals surface area contributed by atoms with Crippen molar-refractivity contribution in [2.45, 2.75) is 13.8 Å². The second-order valence-corrected chi connectivity index (χ2v) is 4.80. The Morgan fingerprint density at radius 2 is 1.45 bits per heavy atom. The largest absolute Gasteiger partial charge is 0.486 e. The van der Waals surface area contributed by atoms with Crippen molar-refractivity contribution in [3.8, 4) is 17.2 Å². The number of hydrogen-bond donors (Lipinski definition) is 0. The van der Waals surface area contributed by atoms with Gasteiger partial charge in [0.2, 0.25) is 0 Å². The van der Waals surface area contributed by atoms with Crippen LogP contribution >= 0.6 is 0 Å². The van der Waals surface area contributed by atoms with Gasteiger partial charge in [-0.15, -0.1) is 0 Å². The first-order valence-corrected chi connectivity index (χ1v) is 6.63. The lowest BCUT2D eigenvalue weighted by Crippen LogP contribution is -2.16. The predicted octanol–water partition coefficient (Wildman–Crippen LogP) is 4.08. The minimum absolute atomic E-state index is 0.00399. The second-order valence-electron chi connectivity index (χ2n) is 4.80. The number of Topliss-reactive ketones (excluding diaryl/α,β-unsaturated/α-hetero) is 1. The van der Waals surface area contributed by atoms with E-state index in [0.29, 0.717) is 5.75 Å². The summed E-state index contributed by atoms with van der Waals surface area (Å²) in [4.78, 5) is 11.5. The van der Waals surface area contributed by atoms with E-state index in [0.717, 1.165) is 11.5 Å². The van der Waals surface area contributed by atoms with Gasteiger partial charge >= 0.3 is 0 Å². The van der Waals surface area contributed by atoms with Crippen molar-refractivity contribution < 1.29 is 14.3 Å². The van der Waals surface area contributed by atoms with E-state index in [4.69, 9.17) is 9.47 Å². The van der Waals surface area contributed by atoms with E-state index in [2.05, 4.69) is 0 Å². The van der Waals surface area contributed by atoms with Crippen molar-refractivity contribution in [1.82, 2.24) is 0 Å². The number of ketones is 1. The average molecular weight is 270 g/mol. The van der Waals surface area contributed by atoms with Crippen LogP contribution in [0.25, 0.3) is 0 Å². The lowest BCUT2D eigenvalue weighted by Gasteiger charge is -2.09. The number of benzene rings is 2. The summed E-state index contributed by atoms with van der Waals surface area (Å²) in [6.07, 6.45) is 0. The molecule has 2 aromatic carbocycles. The molecule has 0 N–H and O–H groups in total. The van der Waals surface area contributed by atoms with Crippen molar-refractivity contribution in [3.05, 3.63) is 54.6 Å². The van der Waals surface area contributed by atoms with Crippen LogP contribution in [0.4, 0.5) is 0 Å². The molecule has 0 aromatic heterocycles. The summed E-state index contributed by atoms with van der Waals surface area (Å²) < 4.78 is 11.1.